The minimum Gasteiger partial charge on any atom is -0.497 e. The van der Waals surface area contributed by atoms with Crippen LogP contribution in [0.1, 0.15) is 23.3 Å². The first-order chi connectivity index (χ1) is 13.0. The largest absolute Gasteiger partial charge is 0.497 e. The van der Waals surface area contributed by atoms with Crippen LogP contribution in [0.2, 0.25) is 0 Å². The summed E-state index contributed by atoms with van der Waals surface area (Å²) in [6, 6.07) is 9.20. The molecule has 2 heterocycles. The number of piperidine rings is 1. The van der Waals surface area contributed by atoms with Crippen molar-refractivity contribution in [2.24, 2.45) is 7.05 Å². The van der Waals surface area contributed by atoms with E-state index in [0.29, 0.717) is 31.6 Å². The highest BCUT2D eigenvalue weighted by atomic mass is 16.5. The van der Waals surface area contributed by atoms with E-state index in [1.807, 2.05) is 24.3 Å². The summed E-state index contributed by atoms with van der Waals surface area (Å²) < 4.78 is 6.83. The summed E-state index contributed by atoms with van der Waals surface area (Å²) >= 11 is 0. The van der Waals surface area contributed by atoms with Crippen molar-refractivity contribution in [2.45, 2.75) is 18.4 Å². The van der Waals surface area contributed by atoms with Gasteiger partial charge in [-0.05, 0) is 31.0 Å². The lowest BCUT2D eigenvalue weighted by molar-refractivity contribution is -0.126. The van der Waals surface area contributed by atoms with E-state index in [1.54, 1.807) is 43.1 Å². The number of ether oxygens (including phenoxy) is 1. The Morgan fingerprint density at radius 2 is 1.96 bits per heavy atom. The molecule has 27 heavy (non-hydrogen) atoms. The number of nitrogens with one attached hydrogen (secondary N) is 2. The minimum absolute atomic E-state index is 0.0677. The molecular formula is C19H25N5O3. The summed E-state index contributed by atoms with van der Waals surface area (Å²) in [7, 11) is 4.98. The zero-order valence-electron chi connectivity index (χ0n) is 15.9. The van der Waals surface area contributed by atoms with Crippen LogP contribution in [0, 0.1) is 0 Å². The van der Waals surface area contributed by atoms with Crippen molar-refractivity contribution in [3.8, 4) is 5.75 Å². The monoisotopic (exact) mass is 371 g/mol. The molecule has 1 aromatic heterocycles. The van der Waals surface area contributed by atoms with Gasteiger partial charge in [0.05, 0.1) is 7.11 Å². The number of carbonyl (C=O) groups excluding carboxylic acids is 2. The average molecular weight is 371 g/mol. The third-order valence-corrected chi connectivity index (χ3v) is 5.06. The maximum absolute atomic E-state index is 12.7. The van der Waals surface area contributed by atoms with Gasteiger partial charge in [0.25, 0.3) is 5.91 Å². The Morgan fingerprint density at radius 3 is 2.56 bits per heavy atom. The van der Waals surface area contributed by atoms with Crippen LogP contribution >= 0.6 is 0 Å². The van der Waals surface area contributed by atoms with E-state index >= 15 is 0 Å². The summed E-state index contributed by atoms with van der Waals surface area (Å²) in [5.41, 5.74) is 0.581. The standard InChI is InChI=1S/C19H25N5O3/c1-20-18(26)19(22-14-5-4-6-15(13-14)27-3)8-11-24(12-9-19)17(25)16-7-10-21-23(16)2/h4-7,10,13,22H,8-9,11-12H2,1-3H3,(H,20,26). The lowest BCUT2D eigenvalue weighted by Gasteiger charge is -2.41. The second kappa shape index (κ2) is 7.69. The number of likely N-dealkylation sites (tertiary alicyclic amines) is 1. The normalized spacial score (nSPS) is 15.9. The second-order valence-corrected chi connectivity index (χ2v) is 6.65. The summed E-state index contributed by atoms with van der Waals surface area (Å²) in [5.74, 6) is 0.565. The van der Waals surface area contributed by atoms with Gasteiger partial charge in [-0.1, -0.05) is 6.07 Å². The molecule has 1 saturated heterocycles. The highest BCUT2D eigenvalue weighted by Gasteiger charge is 2.42. The molecule has 1 aromatic carbocycles. The van der Waals surface area contributed by atoms with E-state index in [1.165, 1.54) is 0 Å². The Kier molecular flexibility index (Phi) is 5.34. The Bertz CT molecular complexity index is 824. The van der Waals surface area contributed by atoms with E-state index in [0.717, 1.165) is 11.4 Å². The molecule has 1 fully saturated rings. The number of aromatic nitrogens is 2. The van der Waals surface area contributed by atoms with Crippen LogP contribution in [0.25, 0.3) is 0 Å². The molecule has 2 aromatic rings. The number of likely N-dealkylation sites (N-methyl/N-ethyl adjacent to an activating group) is 1. The Hall–Kier alpha value is -3.03. The lowest BCUT2D eigenvalue weighted by Crippen LogP contribution is -2.58. The molecule has 2 amide bonds. The molecule has 0 spiro atoms. The molecule has 0 bridgehead atoms. The summed E-state index contributed by atoms with van der Waals surface area (Å²) in [5, 5.41) is 10.2. The van der Waals surface area contributed by atoms with Gasteiger partial charge >= 0.3 is 0 Å². The first-order valence-corrected chi connectivity index (χ1v) is 8.91. The predicted octanol–water partition coefficient (Wildman–Crippen LogP) is 1.26. The van der Waals surface area contributed by atoms with Gasteiger partial charge in [-0.2, -0.15) is 5.10 Å². The molecule has 0 radical (unpaired) electrons. The fourth-order valence-electron chi connectivity index (χ4n) is 3.46. The van der Waals surface area contributed by atoms with Crippen LogP contribution in [0.3, 0.4) is 0 Å². The molecule has 144 valence electrons. The van der Waals surface area contributed by atoms with Gasteiger partial charge in [-0.15, -0.1) is 0 Å². The first-order valence-electron chi connectivity index (χ1n) is 8.91. The van der Waals surface area contributed by atoms with Gasteiger partial charge in [0.1, 0.15) is 17.0 Å². The number of benzene rings is 1. The van der Waals surface area contributed by atoms with Crippen molar-refractivity contribution < 1.29 is 14.3 Å². The Morgan fingerprint density at radius 1 is 1.22 bits per heavy atom. The first kappa shape index (κ1) is 18.8. The summed E-state index contributed by atoms with van der Waals surface area (Å²) in [6.07, 6.45) is 2.62. The number of nitrogens with zero attached hydrogens (tertiary/aromatic N) is 3. The van der Waals surface area contributed by atoms with Crippen LogP contribution in [0.5, 0.6) is 5.75 Å². The lowest BCUT2D eigenvalue weighted by atomic mass is 9.85. The van der Waals surface area contributed by atoms with E-state index in [4.69, 9.17) is 4.74 Å². The van der Waals surface area contributed by atoms with Crippen molar-refractivity contribution in [2.75, 3.05) is 32.6 Å². The molecule has 1 aliphatic heterocycles. The van der Waals surface area contributed by atoms with Gasteiger partial charge < -0.3 is 20.3 Å². The van der Waals surface area contributed by atoms with Crippen molar-refractivity contribution in [3.05, 3.63) is 42.2 Å². The smallest absolute Gasteiger partial charge is 0.272 e. The molecule has 3 rings (SSSR count). The van der Waals surface area contributed by atoms with Gasteiger partial charge in [0.2, 0.25) is 5.91 Å². The van der Waals surface area contributed by atoms with Crippen molar-refractivity contribution in [1.82, 2.24) is 20.0 Å². The summed E-state index contributed by atoms with van der Waals surface area (Å²) in [4.78, 5) is 27.2. The maximum atomic E-state index is 12.7. The Labute approximate surface area is 158 Å². The minimum atomic E-state index is -0.773. The zero-order chi connectivity index (χ0) is 19.4. The summed E-state index contributed by atoms with van der Waals surface area (Å²) in [6.45, 7) is 0.961. The number of hydrogen-bond acceptors (Lipinski definition) is 5. The molecule has 0 atom stereocenters. The molecule has 0 saturated carbocycles. The van der Waals surface area contributed by atoms with E-state index in [2.05, 4.69) is 15.7 Å². The maximum Gasteiger partial charge on any atom is 0.272 e. The number of rotatable bonds is 5. The van der Waals surface area contributed by atoms with Crippen molar-refractivity contribution >= 4 is 17.5 Å². The number of methoxy groups -OCH3 is 1. The van der Waals surface area contributed by atoms with Crippen LogP contribution in [-0.2, 0) is 11.8 Å². The van der Waals surface area contributed by atoms with Crippen LogP contribution in [-0.4, -0.2) is 59.3 Å². The van der Waals surface area contributed by atoms with Gasteiger partial charge in [-0.25, -0.2) is 0 Å². The molecular weight excluding hydrogens is 346 g/mol. The fourth-order valence-corrected chi connectivity index (χ4v) is 3.46. The van der Waals surface area contributed by atoms with Crippen LogP contribution in [0.15, 0.2) is 36.5 Å². The van der Waals surface area contributed by atoms with Crippen LogP contribution < -0.4 is 15.4 Å². The Balaban J connectivity index is 1.76. The second-order valence-electron chi connectivity index (χ2n) is 6.65. The topological polar surface area (TPSA) is 88.5 Å². The molecule has 0 aliphatic carbocycles. The van der Waals surface area contributed by atoms with E-state index in [-0.39, 0.29) is 11.8 Å². The number of hydrogen-bond donors (Lipinski definition) is 2. The van der Waals surface area contributed by atoms with Gasteiger partial charge in [0.15, 0.2) is 0 Å². The molecule has 1 aliphatic rings. The molecule has 0 unspecified atom stereocenters. The van der Waals surface area contributed by atoms with Gasteiger partial charge in [-0.3, -0.25) is 14.3 Å². The van der Waals surface area contributed by atoms with E-state index < -0.39 is 5.54 Å². The zero-order valence-corrected chi connectivity index (χ0v) is 15.9. The highest BCUT2D eigenvalue weighted by molar-refractivity contribution is 5.93. The SMILES string of the molecule is CNC(=O)C1(Nc2cccc(OC)c2)CCN(C(=O)c2ccnn2C)CC1. The average Bonchev–Trinajstić information content (AvgIpc) is 3.13. The van der Waals surface area contributed by atoms with E-state index in [9.17, 15) is 9.59 Å². The number of carbonyl (C=O) groups is 2. The number of aryl methyl sites for hydroxylation is 1. The molecule has 2 N–H and O–H groups in total. The molecule has 8 nitrogen and oxygen atoms in total. The molecule has 8 heteroatoms. The predicted molar refractivity (Wildman–Crippen MR) is 102 cm³/mol. The number of anilines is 1. The third-order valence-electron chi connectivity index (χ3n) is 5.06. The number of amides is 2. The van der Waals surface area contributed by atoms with Gasteiger partial charge in [0, 0.05) is 45.1 Å². The quantitative estimate of drug-likeness (QED) is 0.826. The van der Waals surface area contributed by atoms with Crippen molar-refractivity contribution in [3.63, 3.8) is 0 Å². The highest BCUT2D eigenvalue weighted by Crippen LogP contribution is 2.29. The fraction of sp³-hybridized carbons (Fsp3) is 0.421. The van der Waals surface area contributed by atoms with Crippen molar-refractivity contribution in [1.29, 1.82) is 0 Å². The van der Waals surface area contributed by atoms with Crippen LogP contribution in [0.4, 0.5) is 5.69 Å². The third kappa shape index (κ3) is 3.74.